The molecule has 0 saturated carbocycles. The van der Waals surface area contributed by atoms with Crippen LogP contribution in [0.3, 0.4) is 0 Å². The van der Waals surface area contributed by atoms with Crippen molar-refractivity contribution in [2.45, 2.75) is 19.8 Å². The molecule has 35 heavy (non-hydrogen) atoms. The number of ether oxygens (including phenoxy) is 2. The molecule has 1 fully saturated rings. The smallest absolute Gasteiger partial charge is 0.242 e. The van der Waals surface area contributed by atoms with Gasteiger partial charge >= 0.3 is 0 Å². The monoisotopic (exact) mass is 475 g/mol. The molecular formula is C26H23F2N5O2. The quantitative estimate of drug-likeness (QED) is 0.533. The summed E-state index contributed by atoms with van der Waals surface area (Å²) in [5.74, 6) is -1.53. The van der Waals surface area contributed by atoms with Gasteiger partial charge in [0.25, 0.3) is 0 Å². The van der Waals surface area contributed by atoms with E-state index in [1.54, 1.807) is 6.08 Å². The molecule has 3 aromatic rings. The molecule has 178 valence electrons. The maximum atomic E-state index is 15.2. The first-order valence-electron chi connectivity index (χ1n) is 11.3. The van der Waals surface area contributed by atoms with Crippen molar-refractivity contribution in [1.82, 2.24) is 9.97 Å². The summed E-state index contributed by atoms with van der Waals surface area (Å²) in [6, 6.07) is 10.7. The van der Waals surface area contributed by atoms with Gasteiger partial charge in [-0.25, -0.2) is 18.7 Å². The number of aromatic nitrogens is 2. The topological polar surface area (TPSA) is 83.3 Å². The Balaban J connectivity index is 1.40. The lowest BCUT2D eigenvalue weighted by molar-refractivity contribution is 0.122. The summed E-state index contributed by atoms with van der Waals surface area (Å²) in [5, 5.41) is 12.9. The second-order valence-electron chi connectivity index (χ2n) is 8.44. The van der Waals surface area contributed by atoms with Crippen molar-refractivity contribution in [3.63, 3.8) is 0 Å². The maximum Gasteiger partial charge on any atom is 0.242 e. The lowest BCUT2D eigenvalue weighted by atomic mass is 9.92. The van der Waals surface area contributed by atoms with E-state index in [0.717, 1.165) is 30.4 Å². The standard InChI is InChI=1S/C26H23F2N5O2/c1-16-2-7-19-20(12-16)24(28)23(13-22(19)27)35-26-21(14-29)25(30-15-31-26)32-17-3-5-18(6-4-17)33-8-10-34-11-9-33/h3-6,12-13,15H,2,7-11H2,1H3,(H,30,31,32). The third-order valence-corrected chi connectivity index (χ3v) is 6.12. The lowest BCUT2D eigenvalue weighted by Gasteiger charge is -2.28. The van der Waals surface area contributed by atoms with Gasteiger partial charge in [0, 0.05) is 36.1 Å². The van der Waals surface area contributed by atoms with Gasteiger partial charge in [-0.05, 0) is 49.6 Å². The van der Waals surface area contributed by atoms with Crippen LogP contribution in [0, 0.1) is 23.0 Å². The number of rotatable bonds is 5. The minimum atomic E-state index is -0.684. The Labute approximate surface area is 201 Å². The molecular weight excluding hydrogens is 452 g/mol. The molecule has 0 bridgehead atoms. The molecule has 7 nitrogen and oxygen atoms in total. The van der Waals surface area contributed by atoms with E-state index in [4.69, 9.17) is 9.47 Å². The lowest BCUT2D eigenvalue weighted by Crippen LogP contribution is -2.36. The van der Waals surface area contributed by atoms with Crippen LogP contribution in [0.15, 0.2) is 42.2 Å². The predicted octanol–water partition coefficient (Wildman–Crippen LogP) is 5.35. The number of morpholine rings is 1. The summed E-state index contributed by atoms with van der Waals surface area (Å²) in [5.41, 5.74) is 3.21. The van der Waals surface area contributed by atoms with Crippen molar-refractivity contribution in [2.24, 2.45) is 0 Å². The molecule has 1 aliphatic heterocycles. The van der Waals surface area contributed by atoms with Gasteiger partial charge in [-0.1, -0.05) is 11.6 Å². The zero-order valence-corrected chi connectivity index (χ0v) is 19.1. The van der Waals surface area contributed by atoms with E-state index in [-0.39, 0.29) is 28.6 Å². The van der Waals surface area contributed by atoms with Crippen LogP contribution in [0.25, 0.3) is 6.08 Å². The minimum Gasteiger partial charge on any atom is -0.434 e. The zero-order valence-electron chi connectivity index (χ0n) is 19.1. The summed E-state index contributed by atoms with van der Waals surface area (Å²) in [6.07, 6.45) is 3.94. The highest BCUT2D eigenvalue weighted by atomic mass is 19.1. The number of anilines is 3. The van der Waals surface area contributed by atoms with Gasteiger partial charge in [0.1, 0.15) is 18.2 Å². The van der Waals surface area contributed by atoms with Gasteiger partial charge < -0.3 is 19.7 Å². The van der Waals surface area contributed by atoms with Crippen LogP contribution >= 0.6 is 0 Å². The van der Waals surface area contributed by atoms with E-state index in [0.29, 0.717) is 37.3 Å². The fourth-order valence-electron chi connectivity index (χ4n) is 4.24. The number of nitrogens with zero attached hydrogens (tertiary/aromatic N) is 4. The van der Waals surface area contributed by atoms with Crippen LogP contribution < -0.4 is 15.0 Å². The van der Waals surface area contributed by atoms with Gasteiger partial charge in [0.15, 0.2) is 22.9 Å². The Morgan fingerprint density at radius 1 is 1.11 bits per heavy atom. The van der Waals surface area contributed by atoms with E-state index in [1.165, 1.54) is 6.33 Å². The molecule has 0 amide bonds. The molecule has 1 saturated heterocycles. The highest BCUT2D eigenvalue weighted by Gasteiger charge is 2.23. The minimum absolute atomic E-state index is 0.0194. The van der Waals surface area contributed by atoms with E-state index >= 15 is 4.39 Å². The molecule has 0 unspecified atom stereocenters. The molecule has 2 aliphatic rings. The van der Waals surface area contributed by atoms with Crippen LogP contribution in [0.2, 0.25) is 0 Å². The largest absolute Gasteiger partial charge is 0.434 e. The fourth-order valence-corrected chi connectivity index (χ4v) is 4.24. The number of hydrogen-bond acceptors (Lipinski definition) is 7. The van der Waals surface area contributed by atoms with E-state index < -0.39 is 11.6 Å². The highest BCUT2D eigenvalue weighted by molar-refractivity contribution is 5.67. The van der Waals surface area contributed by atoms with Crippen LogP contribution in [0.5, 0.6) is 11.6 Å². The van der Waals surface area contributed by atoms with Crippen molar-refractivity contribution < 1.29 is 18.3 Å². The molecule has 2 heterocycles. The second-order valence-corrected chi connectivity index (χ2v) is 8.44. The average molecular weight is 475 g/mol. The van der Waals surface area contributed by atoms with Crippen molar-refractivity contribution >= 4 is 23.3 Å². The average Bonchev–Trinajstić information content (AvgIpc) is 2.88. The number of fused-ring (bicyclic) bond motifs is 1. The molecule has 9 heteroatoms. The SMILES string of the molecule is CC1=Cc2c(F)c(Oc3ncnc(Nc4ccc(N5CCOCC5)cc4)c3C#N)cc(F)c2CC1. The summed E-state index contributed by atoms with van der Waals surface area (Å²) < 4.78 is 40.8. The first-order valence-corrected chi connectivity index (χ1v) is 11.3. The number of allylic oxidation sites excluding steroid dienone is 1. The molecule has 2 aromatic carbocycles. The molecule has 5 rings (SSSR count). The van der Waals surface area contributed by atoms with E-state index in [9.17, 15) is 9.65 Å². The van der Waals surface area contributed by atoms with Crippen molar-refractivity contribution in [3.8, 4) is 17.7 Å². The maximum absolute atomic E-state index is 15.2. The van der Waals surface area contributed by atoms with E-state index in [1.807, 2.05) is 37.3 Å². The molecule has 0 atom stereocenters. The predicted molar refractivity (Wildman–Crippen MR) is 128 cm³/mol. The van der Waals surface area contributed by atoms with Gasteiger partial charge in [-0.15, -0.1) is 0 Å². The van der Waals surface area contributed by atoms with Crippen LogP contribution in [-0.2, 0) is 11.2 Å². The van der Waals surface area contributed by atoms with Crippen molar-refractivity contribution in [3.05, 3.63) is 70.6 Å². The first-order chi connectivity index (χ1) is 17.0. The summed E-state index contributed by atoms with van der Waals surface area (Å²) in [6.45, 7) is 4.91. The molecule has 1 aliphatic carbocycles. The Bertz CT molecular complexity index is 1330. The van der Waals surface area contributed by atoms with Crippen LogP contribution in [0.4, 0.5) is 26.0 Å². The molecule has 1 aromatic heterocycles. The second kappa shape index (κ2) is 9.68. The Morgan fingerprint density at radius 3 is 2.63 bits per heavy atom. The van der Waals surface area contributed by atoms with Crippen LogP contribution in [0.1, 0.15) is 30.0 Å². The van der Waals surface area contributed by atoms with Crippen molar-refractivity contribution in [1.29, 1.82) is 5.26 Å². The molecule has 0 radical (unpaired) electrons. The normalized spacial score (nSPS) is 15.1. The summed E-state index contributed by atoms with van der Waals surface area (Å²) in [4.78, 5) is 10.4. The zero-order chi connectivity index (χ0) is 24.4. The Kier molecular flexibility index (Phi) is 6.29. The summed E-state index contributed by atoms with van der Waals surface area (Å²) >= 11 is 0. The highest BCUT2D eigenvalue weighted by Crippen LogP contribution is 2.36. The van der Waals surface area contributed by atoms with Gasteiger partial charge in [0.2, 0.25) is 5.88 Å². The Hall–Kier alpha value is -4.03. The Morgan fingerprint density at radius 2 is 1.89 bits per heavy atom. The number of nitriles is 1. The number of hydrogen-bond donors (Lipinski definition) is 1. The number of nitrogens with one attached hydrogen (secondary N) is 1. The van der Waals surface area contributed by atoms with Crippen LogP contribution in [-0.4, -0.2) is 36.3 Å². The number of halogens is 2. The third-order valence-electron chi connectivity index (χ3n) is 6.12. The summed E-state index contributed by atoms with van der Waals surface area (Å²) in [7, 11) is 0. The third kappa shape index (κ3) is 4.66. The van der Waals surface area contributed by atoms with Gasteiger partial charge in [-0.2, -0.15) is 5.26 Å². The van der Waals surface area contributed by atoms with E-state index in [2.05, 4.69) is 20.2 Å². The molecule has 0 spiro atoms. The molecule has 1 N–H and O–H groups in total. The number of benzene rings is 2. The first kappa shape index (κ1) is 22.7. The van der Waals surface area contributed by atoms with Gasteiger partial charge in [-0.3, -0.25) is 0 Å². The van der Waals surface area contributed by atoms with Crippen molar-refractivity contribution in [2.75, 3.05) is 36.5 Å². The van der Waals surface area contributed by atoms with Gasteiger partial charge in [0.05, 0.1) is 13.2 Å². The fraction of sp³-hybridized carbons (Fsp3) is 0.269.